The highest BCUT2D eigenvalue weighted by Gasteiger charge is 2.22. The molecule has 62 heavy (non-hydrogen) atoms. The van der Waals surface area contributed by atoms with Gasteiger partial charge in [0.15, 0.2) is 0 Å². The van der Waals surface area contributed by atoms with E-state index in [-0.39, 0.29) is 0 Å². The van der Waals surface area contributed by atoms with E-state index >= 15 is 0 Å². The van der Waals surface area contributed by atoms with Gasteiger partial charge in [-0.15, -0.1) is 0 Å². The second-order valence-electron chi connectivity index (χ2n) is 17.7. The summed E-state index contributed by atoms with van der Waals surface area (Å²) in [6, 6.07) is 69.1. The summed E-state index contributed by atoms with van der Waals surface area (Å²) in [4.78, 5) is 0. The Balaban J connectivity index is 1.19. The molecule has 0 amide bonds. The average molecular weight is 787 g/mol. The van der Waals surface area contributed by atoms with Gasteiger partial charge in [0.05, 0.1) is 0 Å². The van der Waals surface area contributed by atoms with Gasteiger partial charge in [0.1, 0.15) is 0 Å². The maximum atomic E-state index is 2.53. The van der Waals surface area contributed by atoms with Crippen molar-refractivity contribution in [3.05, 3.63) is 204 Å². The van der Waals surface area contributed by atoms with Crippen LogP contribution in [0.1, 0.15) is 22.3 Å². The zero-order valence-corrected chi connectivity index (χ0v) is 35.3. The zero-order chi connectivity index (χ0) is 41.4. The maximum absolute atomic E-state index is 2.53. The maximum Gasteiger partial charge on any atom is -0.00195 e. The van der Waals surface area contributed by atoms with Crippen molar-refractivity contribution in [2.75, 3.05) is 0 Å². The summed E-state index contributed by atoms with van der Waals surface area (Å²) in [6.07, 6.45) is 0. The van der Waals surface area contributed by atoms with Gasteiger partial charge in [-0.3, -0.25) is 0 Å². The lowest BCUT2D eigenvalue weighted by atomic mass is 9.88. The molecular formula is C62H42. The molecule has 290 valence electrons. The summed E-state index contributed by atoms with van der Waals surface area (Å²) < 4.78 is 0. The SMILES string of the molecule is Cc1cccc(-c2cc3c4ccc5c(cc6c7ccc(-c8ccccc8)cc7c7cc(-c8cccc(C)c8C)cc5c76)c4cc4c5ccc(-c6ccccc6)cc5c(c2)c34)c1C. The first kappa shape index (κ1) is 35.2. The van der Waals surface area contributed by atoms with Gasteiger partial charge in [-0.05, 0) is 229 Å². The topological polar surface area (TPSA) is 0 Å². The highest BCUT2D eigenvalue weighted by atomic mass is 14.3. The molecule has 0 saturated carbocycles. The van der Waals surface area contributed by atoms with E-state index < -0.39 is 0 Å². The molecule has 0 aromatic heterocycles. The highest BCUT2D eigenvalue weighted by molar-refractivity contribution is 6.41. The Morgan fingerprint density at radius 2 is 0.532 bits per heavy atom. The molecule has 0 radical (unpaired) electrons. The van der Waals surface area contributed by atoms with Gasteiger partial charge in [0.2, 0.25) is 0 Å². The van der Waals surface area contributed by atoms with E-state index in [1.807, 2.05) is 0 Å². The van der Waals surface area contributed by atoms with Crippen molar-refractivity contribution < 1.29 is 0 Å². The van der Waals surface area contributed by atoms with Crippen LogP contribution in [-0.2, 0) is 0 Å². The van der Waals surface area contributed by atoms with E-state index in [0.717, 1.165) is 0 Å². The Kier molecular flexibility index (Phi) is 7.38. The second kappa shape index (κ2) is 13.0. The molecule has 0 fully saturated rings. The quantitative estimate of drug-likeness (QED) is 0.156. The Morgan fingerprint density at radius 3 is 0.935 bits per heavy atom. The van der Waals surface area contributed by atoms with Crippen LogP contribution < -0.4 is 0 Å². The summed E-state index contributed by atoms with van der Waals surface area (Å²) in [6.45, 7) is 9.00. The highest BCUT2D eigenvalue weighted by Crippen LogP contribution is 2.50. The molecule has 13 rings (SSSR count). The molecule has 0 atom stereocenters. The number of rotatable bonds is 4. The Morgan fingerprint density at radius 1 is 0.210 bits per heavy atom. The minimum Gasteiger partial charge on any atom is -0.0622 e. The van der Waals surface area contributed by atoms with Crippen molar-refractivity contribution in [2.45, 2.75) is 27.7 Å². The largest absolute Gasteiger partial charge is 0.0622 e. The van der Waals surface area contributed by atoms with Crippen LogP contribution in [0.4, 0.5) is 0 Å². The van der Waals surface area contributed by atoms with Crippen LogP contribution in [0, 0.1) is 27.7 Å². The number of hydrogen-bond acceptors (Lipinski definition) is 0. The van der Waals surface area contributed by atoms with Crippen LogP contribution in [0.3, 0.4) is 0 Å². The molecule has 0 aliphatic heterocycles. The van der Waals surface area contributed by atoms with E-state index in [1.165, 1.54) is 153 Å². The smallest absolute Gasteiger partial charge is 0.00195 e. The summed E-state index contributed by atoms with van der Waals surface area (Å²) >= 11 is 0. The molecule has 13 aromatic carbocycles. The third-order valence-electron chi connectivity index (χ3n) is 14.5. The van der Waals surface area contributed by atoms with Gasteiger partial charge < -0.3 is 0 Å². The van der Waals surface area contributed by atoms with E-state index in [0.29, 0.717) is 0 Å². The molecule has 0 aliphatic carbocycles. The third-order valence-corrected chi connectivity index (χ3v) is 14.5. The minimum absolute atomic E-state index is 1.24. The monoisotopic (exact) mass is 786 g/mol. The van der Waals surface area contributed by atoms with E-state index in [4.69, 9.17) is 0 Å². The lowest BCUT2D eigenvalue weighted by Crippen LogP contribution is -1.89. The first-order chi connectivity index (χ1) is 30.4. The number of aryl methyl sites for hydroxylation is 2. The van der Waals surface area contributed by atoms with Crippen LogP contribution in [0.25, 0.3) is 131 Å². The molecule has 0 spiro atoms. The lowest BCUT2D eigenvalue weighted by molar-refractivity contribution is 1.34. The molecule has 0 nitrogen and oxygen atoms in total. The molecule has 13 aromatic rings. The zero-order valence-electron chi connectivity index (χ0n) is 35.3. The molecule has 0 saturated heterocycles. The third kappa shape index (κ3) is 4.95. The molecule has 0 unspecified atom stereocenters. The fourth-order valence-corrected chi connectivity index (χ4v) is 11.1. The van der Waals surface area contributed by atoms with Crippen molar-refractivity contribution in [1.29, 1.82) is 0 Å². The number of fused-ring (bicyclic) bond motifs is 11. The first-order valence-electron chi connectivity index (χ1n) is 21.9. The van der Waals surface area contributed by atoms with Gasteiger partial charge in [0.25, 0.3) is 0 Å². The number of hydrogen-bond donors (Lipinski definition) is 0. The van der Waals surface area contributed by atoms with Crippen molar-refractivity contribution in [3.63, 3.8) is 0 Å². The van der Waals surface area contributed by atoms with Gasteiger partial charge in [-0.2, -0.15) is 0 Å². The first-order valence-corrected chi connectivity index (χ1v) is 21.9. The van der Waals surface area contributed by atoms with E-state index in [2.05, 4.69) is 210 Å². The van der Waals surface area contributed by atoms with E-state index in [9.17, 15) is 0 Å². The van der Waals surface area contributed by atoms with Crippen LogP contribution in [0.2, 0.25) is 0 Å². The summed E-state index contributed by atoms with van der Waals surface area (Å²) in [5.41, 5.74) is 15.4. The molecule has 0 N–H and O–H groups in total. The molecule has 0 bridgehead atoms. The predicted molar refractivity (Wildman–Crippen MR) is 270 cm³/mol. The van der Waals surface area contributed by atoms with Crippen molar-refractivity contribution in [2.24, 2.45) is 0 Å². The molecule has 0 heteroatoms. The Hall–Kier alpha value is -7.54. The summed E-state index contributed by atoms with van der Waals surface area (Å²) in [5.74, 6) is 0. The van der Waals surface area contributed by atoms with Crippen LogP contribution >= 0.6 is 0 Å². The van der Waals surface area contributed by atoms with Crippen LogP contribution in [0.15, 0.2) is 182 Å². The van der Waals surface area contributed by atoms with Crippen LogP contribution in [-0.4, -0.2) is 0 Å². The summed E-state index contributed by atoms with van der Waals surface area (Å²) in [5, 5.41) is 21.1. The average Bonchev–Trinajstić information content (AvgIpc) is 3.80. The van der Waals surface area contributed by atoms with Crippen LogP contribution in [0.5, 0.6) is 0 Å². The minimum atomic E-state index is 1.24. The van der Waals surface area contributed by atoms with E-state index in [1.54, 1.807) is 0 Å². The standard InChI is InChI=1S/C62H42/c1-35-13-11-19-45(37(35)3)43-29-55-49-25-26-50-54(53(49)33-59-47-23-21-41(39-15-7-5-8-16-39)27-51(47)57(31-43)61(55)59)34-60-48-24-22-42(40-17-9-6-10-18-40)28-52(48)58-32-44(30-56(50)62(58)60)46-20-12-14-36(2)38(46)4/h5-34H,1-4H3. The van der Waals surface area contributed by atoms with Gasteiger partial charge >= 0.3 is 0 Å². The Labute approximate surface area is 361 Å². The molecule has 0 heterocycles. The van der Waals surface area contributed by atoms with Gasteiger partial charge in [0, 0.05) is 0 Å². The number of benzene rings is 11. The lowest BCUT2D eigenvalue weighted by Gasteiger charge is -2.15. The Bertz CT molecular complexity index is 3720. The fourth-order valence-electron chi connectivity index (χ4n) is 11.1. The van der Waals surface area contributed by atoms with Crippen molar-refractivity contribution in [1.82, 2.24) is 0 Å². The fraction of sp³-hybridized carbons (Fsp3) is 0.0645. The van der Waals surface area contributed by atoms with Gasteiger partial charge in [-0.1, -0.05) is 133 Å². The van der Waals surface area contributed by atoms with Gasteiger partial charge in [-0.25, -0.2) is 0 Å². The molecular weight excluding hydrogens is 745 g/mol. The second-order valence-corrected chi connectivity index (χ2v) is 17.7. The predicted octanol–water partition coefficient (Wildman–Crippen LogP) is 17.7. The van der Waals surface area contributed by atoms with Crippen molar-refractivity contribution >= 4 is 86.2 Å². The normalized spacial score (nSPS) is 12.2. The molecule has 0 aliphatic rings. The van der Waals surface area contributed by atoms with Crippen molar-refractivity contribution in [3.8, 4) is 44.5 Å². The summed E-state index contributed by atoms with van der Waals surface area (Å²) in [7, 11) is 0.